The lowest BCUT2D eigenvalue weighted by molar-refractivity contribution is 0.980. The zero-order valence-electron chi connectivity index (χ0n) is 13.8. The Kier molecular flexibility index (Phi) is 4.62. The van der Waals surface area contributed by atoms with Crippen LogP contribution >= 0.6 is 11.6 Å². The summed E-state index contributed by atoms with van der Waals surface area (Å²) in [5, 5.41) is 15.3. The summed E-state index contributed by atoms with van der Waals surface area (Å²) in [5.74, 6) is 1.04. The molecule has 122 valence electrons. The van der Waals surface area contributed by atoms with E-state index in [1.54, 1.807) is 6.20 Å². The Morgan fingerprint density at radius 1 is 0.917 bits per heavy atom. The SMILES string of the molecule is Cc1cccc(C)c1Nc1nncc(Nc2cccc(Cl)c2C)n1. The van der Waals surface area contributed by atoms with Crippen molar-refractivity contribution < 1.29 is 0 Å². The van der Waals surface area contributed by atoms with E-state index >= 15 is 0 Å². The molecule has 1 heterocycles. The average molecular weight is 340 g/mol. The predicted octanol–water partition coefficient (Wildman–Crippen LogP) is 4.94. The second-order valence-corrected chi connectivity index (χ2v) is 6.00. The van der Waals surface area contributed by atoms with Crippen LogP contribution in [0.25, 0.3) is 0 Å². The van der Waals surface area contributed by atoms with Crippen LogP contribution in [-0.2, 0) is 0 Å². The number of aromatic nitrogens is 3. The van der Waals surface area contributed by atoms with Crippen LogP contribution in [0.4, 0.5) is 23.1 Å². The van der Waals surface area contributed by atoms with Crippen molar-refractivity contribution in [2.24, 2.45) is 0 Å². The summed E-state index contributed by atoms with van der Waals surface area (Å²) in [6, 6.07) is 11.8. The van der Waals surface area contributed by atoms with Crippen LogP contribution in [0.15, 0.2) is 42.6 Å². The van der Waals surface area contributed by atoms with Gasteiger partial charge in [-0.25, -0.2) is 0 Å². The van der Waals surface area contributed by atoms with Gasteiger partial charge in [-0.2, -0.15) is 10.1 Å². The number of halogens is 1. The Bertz CT molecular complexity index is 859. The molecule has 0 radical (unpaired) electrons. The molecule has 6 heteroatoms. The lowest BCUT2D eigenvalue weighted by atomic mass is 10.1. The van der Waals surface area contributed by atoms with E-state index < -0.39 is 0 Å². The first-order valence-corrected chi connectivity index (χ1v) is 7.97. The summed E-state index contributed by atoms with van der Waals surface area (Å²) in [4.78, 5) is 4.48. The normalized spacial score (nSPS) is 10.5. The molecule has 24 heavy (non-hydrogen) atoms. The number of anilines is 4. The molecule has 0 bridgehead atoms. The van der Waals surface area contributed by atoms with Crippen molar-refractivity contribution in [1.29, 1.82) is 0 Å². The minimum atomic E-state index is 0.442. The Morgan fingerprint density at radius 3 is 2.38 bits per heavy atom. The first-order chi connectivity index (χ1) is 11.5. The highest BCUT2D eigenvalue weighted by molar-refractivity contribution is 6.31. The van der Waals surface area contributed by atoms with Crippen molar-refractivity contribution in [2.45, 2.75) is 20.8 Å². The van der Waals surface area contributed by atoms with Gasteiger partial charge in [0.1, 0.15) is 0 Å². The van der Waals surface area contributed by atoms with Gasteiger partial charge in [-0.1, -0.05) is 35.9 Å². The molecule has 2 N–H and O–H groups in total. The molecule has 1 aromatic heterocycles. The minimum absolute atomic E-state index is 0.442. The maximum atomic E-state index is 6.15. The third-order valence-corrected chi connectivity index (χ3v) is 4.22. The topological polar surface area (TPSA) is 62.7 Å². The lowest BCUT2D eigenvalue weighted by Crippen LogP contribution is -2.04. The van der Waals surface area contributed by atoms with E-state index in [0.29, 0.717) is 16.8 Å². The molecule has 0 unspecified atom stereocenters. The van der Waals surface area contributed by atoms with Gasteiger partial charge in [0.25, 0.3) is 0 Å². The highest BCUT2D eigenvalue weighted by Gasteiger charge is 2.07. The molecule has 0 aliphatic heterocycles. The van der Waals surface area contributed by atoms with Gasteiger partial charge >= 0.3 is 0 Å². The van der Waals surface area contributed by atoms with Gasteiger partial charge in [0.05, 0.1) is 6.20 Å². The van der Waals surface area contributed by atoms with Crippen LogP contribution in [0.3, 0.4) is 0 Å². The van der Waals surface area contributed by atoms with E-state index in [2.05, 4.69) is 25.8 Å². The fourth-order valence-electron chi connectivity index (χ4n) is 2.42. The molecule has 0 saturated heterocycles. The van der Waals surface area contributed by atoms with Gasteiger partial charge < -0.3 is 10.6 Å². The highest BCUT2D eigenvalue weighted by atomic mass is 35.5. The van der Waals surface area contributed by atoms with Gasteiger partial charge in [-0.3, -0.25) is 0 Å². The molecular formula is C18H18ClN5. The number of nitrogens with one attached hydrogen (secondary N) is 2. The first-order valence-electron chi connectivity index (χ1n) is 7.59. The number of rotatable bonds is 4. The van der Waals surface area contributed by atoms with E-state index in [1.807, 2.05) is 57.2 Å². The van der Waals surface area contributed by atoms with Crippen LogP contribution in [0.2, 0.25) is 5.02 Å². The van der Waals surface area contributed by atoms with E-state index in [0.717, 1.165) is 28.1 Å². The Hall–Kier alpha value is -2.66. The molecular weight excluding hydrogens is 322 g/mol. The fourth-order valence-corrected chi connectivity index (χ4v) is 2.60. The summed E-state index contributed by atoms with van der Waals surface area (Å²) in [5.41, 5.74) is 5.10. The maximum Gasteiger partial charge on any atom is 0.249 e. The van der Waals surface area contributed by atoms with Gasteiger partial charge in [0.2, 0.25) is 5.95 Å². The second-order valence-electron chi connectivity index (χ2n) is 5.59. The van der Waals surface area contributed by atoms with E-state index in [4.69, 9.17) is 11.6 Å². The van der Waals surface area contributed by atoms with Crippen LogP contribution in [0, 0.1) is 20.8 Å². The van der Waals surface area contributed by atoms with Crippen molar-refractivity contribution in [1.82, 2.24) is 15.2 Å². The van der Waals surface area contributed by atoms with E-state index in [1.165, 1.54) is 0 Å². The van der Waals surface area contributed by atoms with Crippen LogP contribution < -0.4 is 10.6 Å². The third kappa shape index (κ3) is 3.46. The molecule has 3 aromatic rings. The fraction of sp³-hybridized carbons (Fsp3) is 0.167. The predicted molar refractivity (Wildman–Crippen MR) is 98.5 cm³/mol. The molecule has 0 spiro atoms. The number of para-hydroxylation sites is 1. The Balaban J connectivity index is 1.86. The highest BCUT2D eigenvalue weighted by Crippen LogP contribution is 2.26. The summed E-state index contributed by atoms with van der Waals surface area (Å²) >= 11 is 6.15. The smallest absolute Gasteiger partial charge is 0.249 e. The van der Waals surface area contributed by atoms with Crippen LogP contribution in [0.5, 0.6) is 0 Å². The first kappa shape index (κ1) is 16.2. The van der Waals surface area contributed by atoms with Gasteiger partial charge in [0.15, 0.2) is 5.82 Å². The number of nitrogens with zero attached hydrogens (tertiary/aromatic N) is 3. The van der Waals surface area contributed by atoms with Crippen LogP contribution in [0.1, 0.15) is 16.7 Å². The standard InChI is InChI=1S/C18H18ClN5/c1-11-6-4-7-12(2)17(11)23-18-22-16(10-20-24-18)21-15-9-5-8-14(19)13(15)3/h4-10H,1-3H3,(H2,21,22,23,24). The molecule has 3 rings (SSSR count). The Labute approximate surface area is 146 Å². The second kappa shape index (κ2) is 6.84. The van der Waals surface area contributed by atoms with Crippen molar-refractivity contribution >= 4 is 34.7 Å². The average Bonchev–Trinajstić information content (AvgIpc) is 2.56. The van der Waals surface area contributed by atoms with Crippen molar-refractivity contribution in [2.75, 3.05) is 10.6 Å². The molecule has 0 saturated carbocycles. The maximum absolute atomic E-state index is 6.15. The molecule has 0 aliphatic carbocycles. The number of benzene rings is 2. The van der Waals surface area contributed by atoms with E-state index in [-0.39, 0.29) is 0 Å². The molecule has 2 aromatic carbocycles. The largest absolute Gasteiger partial charge is 0.339 e. The number of hydrogen-bond acceptors (Lipinski definition) is 5. The monoisotopic (exact) mass is 339 g/mol. The molecule has 0 amide bonds. The van der Waals surface area contributed by atoms with Crippen molar-refractivity contribution in [3.05, 3.63) is 64.3 Å². The quantitative estimate of drug-likeness (QED) is 0.705. The Morgan fingerprint density at radius 2 is 1.62 bits per heavy atom. The number of aryl methyl sites for hydroxylation is 2. The van der Waals surface area contributed by atoms with Crippen molar-refractivity contribution in [3.8, 4) is 0 Å². The van der Waals surface area contributed by atoms with E-state index in [9.17, 15) is 0 Å². The molecule has 5 nitrogen and oxygen atoms in total. The third-order valence-electron chi connectivity index (χ3n) is 3.81. The van der Waals surface area contributed by atoms with Gasteiger partial charge in [0, 0.05) is 16.4 Å². The van der Waals surface area contributed by atoms with Crippen LogP contribution in [-0.4, -0.2) is 15.2 Å². The molecule has 0 aliphatic rings. The minimum Gasteiger partial charge on any atom is -0.339 e. The zero-order chi connectivity index (χ0) is 17.1. The summed E-state index contributed by atoms with van der Waals surface area (Å²) in [6.07, 6.45) is 1.58. The van der Waals surface area contributed by atoms with Gasteiger partial charge in [-0.05, 0) is 49.6 Å². The van der Waals surface area contributed by atoms with Gasteiger partial charge in [-0.15, -0.1) is 5.10 Å². The summed E-state index contributed by atoms with van der Waals surface area (Å²) in [6.45, 7) is 6.04. The molecule has 0 fully saturated rings. The van der Waals surface area contributed by atoms with Crippen molar-refractivity contribution in [3.63, 3.8) is 0 Å². The zero-order valence-corrected chi connectivity index (χ0v) is 14.5. The number of hydrogen-bond donors (Lipinski definition) is 2. The summed E-state index contributed by atoms with van der Waals surface area (Å²) < 4.78 is 0. The summed E-state index contributed by atoms with van der Waals surface area (Å²) in [7, 11) is 0. The lowest BCUT2D eigenvalue weighted by Gasteiger charge is -2.12. The molecule has 0 atom stereocenters.